The van der Waals surface area contributed by atoms with Crippen molar-refractivity contribution in [3.8, 4) is 0 Å². The number of nitrogens with one attached hydrogen (secondary N) is 1. The summed E-state index contributed by atoms with van der Waals surface area (Å²) in [7, 11) is 1.54. The summed E-state index contributed by atoms with van der Waals surface area (Å²) in [5, 5.41) is 2.45. The van der Waals surface area contributed by atoms with Crippen LogP contribution in [0.4, 0.5) is 13.2 Å². The zero-order valence-electron chi connectivity index (χ0n) is 11.3. The van der Waals surface area contributed by atoms with E-state index in [1.807, 2.05) is 0 Å². The monoisotopic (exact) mass is 296 g/mol. The van der Waals surface area contributed by atoms with Crippen molar-refractivity contribution in [1.29, 1.82) is 0 Å². The van der Waals surface area contributed by atoms with Crippen molar-refractivity contribution in [2.45, 2.75) is 25.4 Å². The van der Waals surface area contributed by atoms with Gasteiger partial charge in [-0.15, -0.1) is 0 Å². The molecule has 0 aromatic heterocycles. The number of nitrogens with zero attached hydrogens (tertiary/aromatic N) is 1. The molecule has 5 nitrogen and oxygen atoms in total. The molecule has 20 heavy (non-hydrogen) atoms. The molecule has 8 heteroatoms. The van der Waals surface area contributed by atoms with Crippen molar-refractivity contribution in [3.63, 3.8) is 0 Å². The van der Waals surface area contributed by atoms with Gasteiger partial charge < -0.3 is 15.0 Å². The molecule has 1 saturated heterocycles. The third-order valence-electron chi connectivity index (χ3n) is 3.08. The Morgan fingerprint density at radius 3 is 2.80 bits per heavy atom. The second-order valence-corrected chi connectivity index (χ2v) is 4.82. The Bertz CT molecular complexity index is 347. The predicted octanol–water partition coefficient (Wildman–Crippen LogP) is 0.940. The van der Waals surface area contributed by atoms with Crippen molar-refractivity contribution < 1.29 is 27.5 Å². The number of hydrogen-bond acceptors (Lipinski definition) is 3. The lowest BCUT2D eigenvalue weighted by Gasteiger charge is -2.16. The second-order valence-electron chi connectivity index (χ2n) is 4.82. The summed E-state index contributed by atoms with van der Waals surface area (Å²) in [6.45, 7) is 1.66. The smallest absolute Gasteiger partial charge is 0.383 e. The van der Waals surface area contributed by atoms with Crippen molar-refractivity contribution in [2.75, 3.05) is 33.4 Å². The fourth-order valence-corrected chi connectivity index (χ4v) is 2.01. The van der Waals surface area contributed by atoms with Crippen molar-refractivity contribution in [3.05, 3.63) is 0 Å². The van der Waals surface area contributed by atoms with Crippen LogP contribution in [-0.2, 0) is 14.3 Å². The maximum Gasteiger partial charge on any atom is 0.389 e. The fourth-order valence-electron chi connectivity index (χ4n) is 2.01. The van der Waals surface area contributed by atoms with Crippen LogP contribution in [0, 0.1) is 5.92 Å². The molecule has 1 rings (SSSR count). The quantitative estimate of drug-likeness (QED) is 0.760. The highest BCUT2D eigenvalue weighted by atomic mass is 19.4. The second kappa shape index (κ2) is 7.47. The van der Waals surface area contributed by atoms with Crippen LogP contribution in [0.5, 0.6) is 0 Å². The first-order valence-corrected chi connectivity index (χ1v) is 6.42. The normalized spacial score (nSPS) is 19.5. The summed E-state index contributed by atoms with van der Waals surface area (Å²) in [6, 6.07) is 0. The van der Waals surface area contributed by atoms with Crippen molar-refractivity contribution in [1.82, 2.24) is 10.2 Å². The minimum Gasteiger partial charge on any atom is -0.383 e. The number of rotatable bonds is 7. The van der Waals surface area contributed by atoms with Gasteiger partial charge in [-0.2, -0.15) is 13.2 Å². The lowest BCUT2D eigenvalue weighted by molar-refractivity contribution is -0.144. The summed E-state index contributed by atoms with van der Waals surface area (Å²) in [4.78, 5) is 24.5. The minimum absolute atomic E-state index is 0.0170. The number of ether oxygens (including phenoxy) is 1. The first-order chi connectivity index (χ1) is 9.31. The number of halogens is 3. The van der Waals surface area contributed by atoms with E-state index in [-0.39, 0.29) is 18.4 Å². The van der Waals surface area contributed by atoms with E-state index in [2.05, 4.69) is 5.32 Å². The molecule has 116 valence electrons. The topological polar surface area (TPSA) is 58.6 Å². The van der Waals surface area contributed by atoms with Gasteiger partial charge in [0, 0.05) is 45.5 Å². The van der Waals surface area contributed by atoms with E-state index in [1.165, 1.54) is 0 Å². The Labute approximate surface area is 115 Å². The molecule has 1 fully saturated rings. The number of amides is 2. The number of likely N-dealkylation sites (tertiary alicyclic amines) is 1. The average Bonchev–Trinajstić information content (AvgIpc) is 2.71. The van der Waals surface area contributed by atoms with E-state index in [4.69, 9.17) is 4.74 Å². The van der Waals surface area contributed by atoms with Crippen LogP contribution < -0.4 is 5.32 Å². The molecular weight excluding hydrogens is 277 g/mol. The molecule has 0 spiro atoms. The molecular formula is C12H19F3N2O3. The largest absolute Gasteiger partial charge is 0.389 e. The maximum atomic E-state index is 11.9. The molecule has 0 bridgehead atoms. The number of methoxy groups -OCH3 is 1. The molecule has 1 N–H and O–H groups in total. The molecule has 0 unspecified atom stereocenters. The zero-order valence-corrected chi connectivity index (χ0v) is 11.3. The zero-order chi connectivity index (χ0) is 15.2. The highest BCUT2D eigenvalue weighted by Gasteiger charge is 2.30. The van der Waals surface area contributed by atoms with Gasteiger partial charge in [-0.05, 0) is 0 Å². The molecule has 1 aliphatic rings. The Balaban J connectivity index is 2.23. The van der Waals surface area contributed by atoms with Gasteiger partial charge in [-0.3, -0.25) is 9.59 Å². The lowest BCUT2D eigenvalue weighted by Crippen LogP contribution is -2.32. The molecule has 0 aromatic carbocycles. The van der Waals surface area contributed by atoms with Gasteiger partial charge in [-0.1, -0.05) is 0 Å². The molecule has 2 amide bonds. The Morgan fingerprint density at radius 2 is 2.20 bits per heavy atom. The summed E-state index contributed by atoms with van der Waals surface area (Å²) < 4.78 is 40.7. The predicted molar refractivity (Wildman–Crippen MR) is 64.9 cm³/mol. The Morgan fingerprint density at radius 1 is 1.50 bits per heavy atom. The molecule has 0 saturated carbocycles. The fraction of sp³-hybridized carbons (Fsp3) is 0.833. The third-order valence-corrected chi connectivity index (χ3v) is 3.08. The first-order valence-electron chi connectivity index (χ1n) is 6.42. The number of carbonyl (C=O) groups is 2. The molecule has 0 aliphatic carbocycles. The van der Waals surface area contributed by atoms with Crippen LogP contribution in [-0.4, -0.2) is 56.2 Å². The van der Waals surface area contributed by atoms with E-state index in [0.717, 1.165) is 0 Å². The van der Waals surface area contributed by atoms with Gasteiger partial charge in [0.15, 0.2) is 0 Å². The minimum atomic E-state index is -4.32. The molecule has 0 radical (unpaired) electrons. The Hall–Kier alpha value is -1.31. The van der Waals surface area contributed by atoms with E-state index >= 15 is 0 Å². The Kier molecular flexibility index (Phi) is 6.25. The van der Waals surface area contributed by atoms with E-state index in [0.29, 0.717) is 26.1 Å². The van der Waals surface area contributed by atoms with Crippen LogP contribution in [0.1, 0.15) is 19.3 Å². The highest BCUT2D eigenvalue weighted by molar-refractivity contribution is 5.79. The number of hydrogen-bond donors (Lipinski definition) is 1. The van der Waals surface area contributed by atoms with E-state index in [9.17, 15) is 22.8 Å². The number of alkyl halides is 3. The molecule has 1 heterocycles. The standard InChI is InChI=1S/C12H19F3N2O3/c1-20-5-4-17-8-9(6-11(17)19)7-16-10(18)2-3-12(13,14)15/h9H,2-8H2,1H3,(H,16,18)/t9-/m0/s1. The van der Waals surface area contributed by atoms with Gasteiger partial charge in [0.2, 0.25) is 11.8 Å². The molecule has 1 aliphatic heterocycles. The van der Waals surface area contributed by atoms with Gasteiger partial charge in [0.05, 0.1) is 13.0 Å². The summed E-state index contributed by atoms with van der Waals surface area (Å²) in [6.07, 6.45) is -5.71. The first kappa shape index (κ1) is 16.7. The molecule has 1 atom stereocenters. The van der Waals surface area contributed by atoms with Gasteiger partial charge in [0.1, 0.15) is 0 Å². The average molecular weight is 296 g/mol. The molecule has 0 aromatic rings. The van der Waals surface area contributed by atoms with E-state index in [1.54, 1.807) is 12.0 Å². The highest BCUT2D eigenvalue weighted by Crippen LogP contribution is 2.21. The SMILES string of the molecule is COCCN1C[C@H](CNC(=O)CCC(F)(F)F)CC1=O. The summed E-state index contributed by atoms with van der Waals surface area (Å²) >= 11 is 0. The summed E-state index contributed by atoms with van der Waals surface area (Å²) in [5.41, 5.74) is 0. The third kappa shape index (κ3) is 6.23. The van der Waals surface area contributed by atoms with Crippen molar-refractivity contribution >= 4 is 11.8 Å². The van der Waals surface area contributed by atoms with Crippen molar-refractivity contribution in [2.24, 2.45) is 5.92 Å². The lowest BCUT2D eigenvalue weighted by atomic mass is 10.1. The van der Waals surface area contributed by atoms with Crippen LogP contribution in [0.15, 0.2) is 0 Å². The van der Waals surface area contributed by atoms with Crippen LogP contribution in [0.2, 0.25) is 0 Å². The van der Waals surface area contributed by atoms with Crippen LogP contribution in [0.25, 0.3) is 0 Å². The van der Waals surface area contributed by atoms with Gasteiger partial charge in [-0.25, -0.2) is 0 Å². The number of carbonyl (C=O) groups excluding carboxylic acids is 2. The van der Waals surface area contributed by atoms with Crippen LogP contribution in [0.3, 0.4) is 0 Å². The van der Waals surface area contributed by atoms with Gasteiger partial charge in [0.25, 0.3) is 0 Å². The summed E-state index contributed by atoms with van der Waals surface area (Å²) in [5.74, 6) is -0.698. The van der Waals surface area contributed by atoms with Crippen LogP contribution >= 0.6 is 0 Å². The van der Waals surface area contributed by atoms with Gasteiger partial charge >= 0.3 is 6.18 Å². The van der Waals surface area contributed by atoms with E-state index < -0.39 is 24.9 Å². The maximum absolute atomic E-state index is 11.9.